The van der Waals surface area contributed by atoms with E-state index in [0.29, 0.717) is 34.9 Å². The lowest BCUT2D eigenvalue weighted by Gasteiger charge is -2.27. The molecule has 8 nitrogen and oxygen atoms in total. The summed E-state index contributed by atoms with van der Waals surface area (Å²) < 4.78 is 14.7. The minimum atomic E-state index is -0.779. The molecule has 0 radical (unpaired) electrons. The standard InChI is InChI=1S/C18H19ClFN5O3/c1-23-17(26)16-14-10-24(18(27)21-12-4-2-3-11(19)7-12)6-5-15(14)22-25(16)9-13(8-20)28-23/h2-4,7,13H,5-6,8-10H2,1H3,(H,21,27). The van der Waals surface area contributed by atoms with Crippen molar-refractivity contribution in [2.75, 3.05) is 25.6 Å². The number of benzene rings is 1. The van der Waals surface area contributed by atoms with Gasteiger partial charge in [-0.1, -0.05) is 17.7 Å². The van der Waals surface area contributed by atoms with Gasteiger partial charge in [-0.25, -0.2) is 14.2 Å². The summed E-state index contributed by atoms with van der Waals surface area (Å²) in [5.41, 5.74) is 2.36. The predicted octanol–water partition coefficient (Wildman–Crippen LogP) is 2.48. The number of carbonyl (C=O) groups is 2. The number of hydroxylamine groups is 2. The largest absolute Gasteiger partial charge is 0.322 e. The Morgan fingerprint density at radius 2 is 2.29 bits per heavy atom. The molecule has 10 heteroatoms. The van der Waals surface area contributed by atoms with Gasteiger partial charge in [0, 0.05) is 36.3 Å². The molecule has 0 fully saturated rings. The van der Waals surface area contributed by atoms with Crippen LogP contribution in [0, 0.1) is 0 Å². The van der Waals surface area contributed by atoms with Crippen molar-refractivity contribution >= 4 is 29.2 Å². The Bertz CT molecular complexity index is 934. The quantitative estimate of drug-likeness (QED) is 0.829. The average Bonchev–Trinajstić information content (AvgIpc) is 2.97. The van der Waals surface area contributed by atoms with Crippen LogP contribution in [-0.4, -0.2) is 58.1 Å². The van der Waals surface area contributed by atoms with Gasteiger partial charge in [-0.15, -0.1) is 0 Å². The van der Waals surface area contributed by atoms with Crippen molar-refractivity contribution in [3.05, 3.63) is 46.2 Å². The monoisotopic (exact) mass is 407 g/mol. The molecule has 28 heavy (non-hydrogen) atoms. The smallest absolute Gasteiger partial charge is 0.320 e. The molecule has 2 aliphatic rings. The summed E-state index contributed by atoms with van der Waals surface area (Å²) in [4.78, 5) is 32.3. The number of nitrogens with zero attached hydrogens (tertiary/aromatic N) is 4. The molecule has 3 heterocycles. The summed E-state index contributed by atoms with van der Waals surface area (Å²) in [5, 5.41) is 8.84. The van der Waals surface area contributed by atoms with Crippen LogP contribution in [0.5, 0.6) is 0 Å². The van der Waals surface area contributed by atoms with E-state index in [1.807, 2.05) is 0 Å². The molecule has 2 aromatic rings. The number of hydrogen-bond acceptors (Lipinski definition) is 4. The number of nitrogens with one attached hydrogen (secondary N) is 1. The number of fused-ring (bicyclic) bond motifs is 3. The number of anilines is 1. The molecular weight excluding hydrogens is 389 g/mol. The van der Waals surface area contributed by atoms with Crippen LogP contribution in [-0.2, 0) is 24.3 Å². The minimum absolute atomic E-state index is 0.142. The van der Waals surface area contributed by atoms with E-state index in [4.69, 9.17) is 16.4 Å². The number of aromatic nitrogens is 2. The summed E-state index contributed by atoms with van der Waals surface area (Å²) >= 11 is 5.96. The maximum absolute atomic E-state index is 13.2. The zero-order chi connectivity index (χ0) is 19.8. The first-order chi connectivity index (χ1) is 13.5. The highest BCUT2D eigenvalue weighted by atomic mass is 35.5. The number of hydrogen-bond donors (Lipinski definition) is 1. The van der Waals surface area contributed by atoms with Crippen molar-refractivity contribution in [1.82, 2.24) is 19.7 Å². The van der Waals surface area contributed by atoms with E-state index in [1.54, 1.807) is 29.2 Å². The van der Waals surface area contributed by atoms with E-state index >= 15 is 0 Å². The minimum Gasteiger partial charge on any atom is -0.320 e. The number of rotatable bonds is 2. The van der Waals surface area contributed by atoms with Gasteiger partial charge in [0.15, 0.2) is 0 Å². The summed E-state index contributed by atoms with van der Waals surface area (Å²) in [5.74, 6) is -0.401. The molecule has 1 unspecified atom stereocenters. The molecule has 3 amide bonds. The Balaban J connectivity index is 1.58. The number of carbonyl (C=O) groups excluding carboxylic acids is 2. The van der Waals surface area contributed by atoms with Crippen LogP contribution in [0.4, 0.5) is 14.9 Å². The molecular formula is C18H19ClFN5O3. The van der Waals surface area contributed by atoms with Gasteiger partial charge in [0.25, 0.3) is 5.91 Å². The SMILES string of the molecule is CN1OC(CF)Cn2nc3c(c2C1=O)CN(C(=O)Nc1cccc(Cl)c1)CC3. The second-order valence-corrected chi connectivity index (χ2v) is 7.19. The summed E-state index contributed by atoms with van der Waals surface area (Å²) in [6.07, 6.45) is -0.269. The fourth-order valence-corrected chi connectivity index (χ4v) is 3.65. The zero-order valence-corrected chi connectivity index (χ0v) is 15.9. The van der Waals surface area contributed by atoms with Crippen molar-refractivity contribution in [2.45, 2.75) is 25.6 Å². The number of alkyl halides is 1. The normalized spacial score (nSPS) is 19.1. The van der Waals surface area contributed by atoms with Crippen LogP contribution in [0.25, 0.3) is 0 Å². The van der Waals surface area contributed by atoms with Gasteiger partial charge in [-0.3, -0.25) is 14.3 Å². The van der Waals surface area contributed by atoms with E-state index in [2.05, 4.69) is 10.4 Å². The summed E-state index contributed by atoms with van der Waals surface area (Å²) in [6.45, 7) is 0.110. The van der Waals surface area contributed by atoms with Crippen molar-refractivity contribution in [3.8, 4) is 0 Å². The maximum atomic E-state index is 13.2. The van der Waals surface area contributed by atoms with Gasteiger partial charge in [0.2, 0.25) is 0 Å². The van der Waals surface area contributed by atoms with Gasteiger partial charge >= 0.3 is 6.03 Å². The van der Waals surface area contributed by atoms with Crippen molar-refractivity contribution < 1.29 is 18.8 Å². The fourth-order valence-electron chi connectivity index (χ4n) is 3.46. The van der Waals surface area contributed by atoms with Crippen LogP contribution in [0.3, 0.4) is 0 Å². The molecule has 0 aliphatic carbocycles. The van der Waals surface area contributed by atoms with Crippen LogP contribution in [0.1, 0.15) is 21.7 Å². The van der Waals surface area contributed by atoms with E-state index < -0.39 is 18.7 Å². The molecule has 0 saturated heterocycles. The van der Waals surface area contributed by atoms with E-state index in [-0.39, 0.29) is 19.1 Å². The molecule has 4 rings (SSSR count). The third-order valence-corrected chi connectivity index (χ3v) is 5.04. The van der Waals surface area contributed by atoms with E-state index in [0.717, 1.165) is 10.8 Å². The van der Waals surface area contributed by atoms with Crippen molar-refractivity contribution in [2.24, 2.45) is 0 Å². The Kier molecular flexibility index (Phi) is 4.94. The van der Waals surface area contributed by atoms with Gasteiger partial charge in [0.05, 0.1) is 18.8 Å². The first-order valence-corrected chi connectivity index (χ1v) is 9.25. The fraction of sp³-hybridized carbons (Fsp3) is 0.389. The van der Waals surface area contributed by atoms with Crippen molar-refractivity contribution in [3.63, 3.8) is 0 Å². The summed E-state index contributed by atoms with van der Waals surface area (Å²) in [6, 6.07) is 6.59. The van der Waals surface area contributed by atoms with Crippen molar-refractivity contribution in [1.29, 1.82) is 0 Å². The second-order valence-electron chi connectivity index (χ2n) is 6.75. The van der Waals surface area contributed by atoms with E-state index in [9.17, 15) is 14.0 Å². The Labute approximate surface area is 165 Å². The highest BCUT2D eigenvalue weighted by Crippen LogP contribution is 2.27. The maximum Gasteiger partial charge on any atom is 0.322 e. The topological polar surface area (TPSA) is 79.7 Å². The highest BCUT2D eigenvalue weighted by molar-refractivity contribution is 6.30. The lowest BCUT2D eigenvalue weighted by Crippen LogP contribution is -2.39. The van der Waals surface area contributed by atoms with Crippen LogP contribution in [0.2, 0.25) is 5.02 Å². The van der Waals surface area contributed by atoms with Crippen LogP contribution < -0.4 is 5.32 Å². The lowest BCUT2D eigenvalue weighted by molar-refractivity contribution is -0.152. The Morgan fingerprint density at radius 1 is 1.46 bits per heavy atom. The van der Waals surface area contributed by atoms with Gasteiger partial charge < -0.3 is 10.2 Å². The molecule has 0 spiro atoms. The van der Waals surface area contributed by atoms with Gasteiger partial charge in [-0.05, 0) is 18.2 Å². The molecule has 148 valence electrons. The van der Waals surface area contributed by atoms with Gasteiger partial charge in [0.1, 0.15) is 18.5 Å². The third-order valence-electron chi connectivity index (χ3n) is 4.81. The summed E-state index contributed by atoms with van der Waals surface area (Å²) in [7, 11) is 1.45. The number of halogens is 2. The highest BCUT2D eigenvalue weighted by Gasteiger charge is 2.35. The number of amides is 3. The zero-order valence-electron chi connectivity index (χ0n) is 15.2. The molecule has 1 atom stereocenters. The molecule has 1 N–H and O–H groups in total. The first kappa shape index (κ1) is 18.7. The predicted molar refractivity (Wildman–Crippen MR) is 99.8 cm³/mol. The lowest BCUT2D eigenvalue weighted by atomic mass is 10.1. The molecule has 1 aromatic carbocycles. The Hall–Kier alpha value is -2.65. The molecule has 2 aliphatic heterocycles. The Morgan fingerprint density at radius 3 is 3.04 bits per heavy atom. The molecule has 0 bridgehead atoms. The second kappa shape index (κ2) is 7.40. The van der Waals surface area contributed by atoms with Crippen LogP contribution in [0.15, 0.2) is 24.3 Å². The van der Waals surface area contributed by atoms with E-state index in [1.165, 1.54) is 11.7 Å². The molecule has 1 aromatic heterocycles. The van der Waals surface area contributed by atoms with Crippen LogP contribution >= 0.6 is 11.6 Å². The third kappa shape index (κ3) is 3.43. The first-order valence-electron chi connectivity index (χ1n) is 8.87. The average molecular weight is 408 g/mol. The molecule has 0 saturated carbocycles. The van der Waals surface area contributed by atoms with Gasteiger partial charge in [-0.2, -0.15) is 5.10 Å². The number of urea groups is 1.